The van der Waals surface area contributed by atoms with E-state index in [0.29, 0.717) is 0 Å². The van der Waals surface area contributed by atoms with E-state index in [1.807, 2.05) is 20.8 Å². The van der Waals surface area contributed by atoms with Crippen LogP contribution in [0.3, 0.4) is 0 Å². The Bertz CT molecular complexity index is 302. The molecule has 0 aliphatic heterocycles. The van der Waals surface area contributed by atoms with Gasteiger partial charge < -0.3 is 10.5 Å². The number of aryl methyl sites for hydroxylation is 1. The number of nitrogens with two attached hydrogens (primary N) is 1. The molecule has 1 aromatic heterocycles. The van der Waals surface area contributed by atoms with Crippen LogP contribution in [0.1, 0.15) is 29.4 Å². The van der Waals surface area contributed by atoms with Gasteiger partial charge in [0, 0.05) is 23.9 Å². The van der Waals surface area contributed by atoms with Gasteiger partial charge in [0.2, 0.25) is 0 Å². The molecule has 0 aliphatic carbocycles. The molecule has 3 nitrogen and oxygen atoms in total. The summed E-state index contributed by atoms with van der Waals surface area (Å²) in [4.78, 5) is 5.64. The molecule has 14 heavy (non-hydrogen) atoms. The van der Waals surface area contributed by atoms with Crippen LogP contribution in [0, 0.1) is 6.92 Å². The van der Waals surface area contributed by atoms with E-state index in [9.17, 15) is 0 Å². The molecule has 80 valence electrons. The fourth-order valence-corrected chi connectivity index (χ4v) is 2.41. The molecule has 0 fully saturated rings. The van der Waals surface area contributed by atoms with Crippen LogP contribution in [0.4, 0.5) is 0 Å². The largest absolute Gasteiger partial charge is 0.384 e. The number of thiazole rings is 1. The monoisotopic (exact) mass is 214 g/mol. The Morgan fingerprint density at radius 2 is 2.14 bits per heavy atom. The van der Waals surface area contributed by atoms with Crippen LogP contribution in [0.2, 0.25) is 0 Å². The fourth-order valence-electron chi connectivity index (χ4n) is 1.35. The van der Waals surface area contributed by atoms with Gasteiger partial charge in [-0.05, 0) is 20.8 Å². The highest BCUT2D eigenvalue weighted by atomic mass is 32.1. The lowest BCUT2D eigenvalue weighted by molar-refractivity contribution is 0.202. The first kappa shape index (κ1) is 11.6. The van der Waals surface area contributed by atoms with Crippen molar-refractivity contribution in [3.63, 3.8) is 0 Å². The number of hydrogen-bond acceptors (Lipinski definition) is 4. The molecule has 0 saturated heterocycles. The maximum Gasteiger partial charge on any atom is 0.0954 e. The molecule has 0 spiro atoms. The highest BCUT2D eigenvalue weighted by Crippen LogP contribution is 2.27. The summed E-state index contributed by atoms with van der Waals surface area (Å²) in [6, 6.07) is 0. The predicted octanol–water partition coefficient (Wildman–Crippen LogP) is 1.83. The number of methoxy groups -OCH3 is 1. The first-order valence-electron chi connectivity index (χ1n) is 4.69. The van der Waals surface area contributed by atoms with Crippen LogP contribution in [-0.4, -0.2) is 18.7 Å². The van der Waals surface area contributed by atoms with Crippen molar-refractivity contribution in [3.8, 4) is 0 Å². The maximum absolute atomic E-state index is 6.04. The summed E-state index contributed by atoms with van der Waals surface area (Å²) in [5.74, 6) is 0. The Balaban J connectivity index is 2.83. The molecule has 4 heteroatoms. The molecule has 1 rings (SSSR count). The summed E-state index contributed by atoms with van der Waals surface area (Å²) in [7, 11) is 1.70. The van der Waals surface area contributed by atoms with Crippen LogP contribution < -0.4 is 5.73 Å². The molecule has 0 unspecified atom stereocenters. The molecule has 0 saturated carbocycles. The first-order chi connectivity index (χ1) is 6.45. The lowest BCUT2D eigenvalue weighted by atomic mass is 10.0. The average molecular weight is 214 g/mol. The molecule has 0 radical (unpaired) electrons. The second-order valence-corrected chi connectivity index (χ2v) is 5.07. The Labute approximate surface area is 89.3 Å². The zero-order valence-corrected chi connectivity index (χ0v) is 10.1. The van der Waals surface area contributed by atoms with Gasteiger partial charge in [0.25, 0.3) is 0 Å². The van der Waals surface area contributed by atoms with Crippen molar-refractivity contribution in [1.82, 2.24) is 4.98 Å². The topological polar surface area (TPSA) is 48.1 Å². The highest BCUT2D eigenvalue weighted by molar-refractivity contribution is 7.11. The SMILES string of the molecule is COCCc1nc(C)c(C(C)(C)N)s1. The van der Waals surface area contributed by atoms with Gasteiger partial charge in [-0.15, -0.1) is 11.3 Å². The molecule has 1 heterocycles. The molecule has 0 aromatic carbocycles. The number of aromatic nitrogens is 1. The molecule has 2 N–H and O–H groups in total. The van der Waals surface area contributed by atoms with Crippen molar-refractivity contribution >= 4 is 11.3 Å². The molecule has 1 aromatic rings. The van der Waals surface area contributed by atoms with Crippen LogP contribution >= 0.6 is 11.3 Å². The molecule has 0 bridgehead atoms. The second-order valence-electron chi connectivity index (χ2n) is 3.99. The van der Waals surface area contributed by atoms with E-state index < -0.39 is 0 Å². The Morgan fingerprint density at radius 1 is 1.50 bits per heavy atom. The van der Waals surface area contributed by atoms with E-state index in [0.717, 1.165) is 23.7 Å². The van der Waals surface area contributed by atoms with Crippen LogP contribution in [-0.2, 0) is 16.7 Å². The number of nitrogens with zero attached hydrogens (tertiary/aromatic N) is 1. The quantitative estimate of drug-likeness (QED) is 0.832. The summed E-state index contributed by atoms with van der Waals surface area (Å²) >= 11 is 1.69. The second kappa shape index (κ2) is 4.38. The van der Waals surface area contributed by atoms with Gasteiger partial charge in [0.1, 0.15) is 0 Å². The van der Waals surface area contributed by atoms with Gasteiger partial charge in [-0.25, -0.2) is 4.98 Å². The van der Waals surface area contributed by atoms with E-state index >= 15 is 0 Å². The fraction of sp³-hybridized carbons (Fsp3) is 0.700. The minimum absolute atomic E-state index is 0.285. The molecule has 0 aliphatic rings. The third-order valence-electron chi connectivity index (χ3n) is 1.95. The van der Waals surface area contributed by atoms with Crippen LogP contribution in [0.15, 0.2) is 0 Å². The summed E-state index contributed by atoms with van der Waals surface area (Å²) in [6.45, 7) is 6.75. The van der Waals surface area contributed by atoms with Crippen molar-refractivity contribution in [1.29, 1.82) is 0 Å². The lowest BCUT2D eigenvalue weighted by Gasteiger charge is -2.16. The van der Waals surface area contributed by atoms with Gasteiger partial charge >= 0.3 is 0 Å². The summed E-state index contributed by atoms with van der Waals surface area (Å²) < 4.78 is 5.02. The van der Waals surface area contributed by atoms with Gasteiger partial charge in [-0.1, -0.05) is 0 Å². The minimum Gasteiger partial charge on any atom is -0.384 e. The third kappa shape index (κ3) is 2.77. The number of ether oxygens (including phenoxy) is 1. The smallest absolute Gasteiger partial charge is 0.0954 e. The van der Waals surface area contributed by atoms with Crippen LogP contribution in [0.5, 0.6) is 0 Å². The third-order valence-corrected chi connectivity index (χ3v) is 3.50. The summed E-state index contributed by atoms with van der Waals surface area (Å²) in [6.07, 6.45) is 0.873. The molecule has 0 amide bonds. The van der Waals surface area contributed by atoms with E-state index in [1.54, 1.807) is 18.4 Å². The minimum atomic E-state index is -0.285. The Kier molecular flexibility index (Phi) is 3.64. The van der Waals surface area contributed by atoms with Gasteiger partial charge in [-0.2, -0.15) is 0 Å². The number of rotatable bonds is 4. The zero-order chi connectivity index (χ0) is 10.8. The Morgan fingerprint density at radius 3 is 2.57 bits per heavy atom. The molecular weight excluding hydrogens is 196 g/mol. The predicted molar refractivity (Wildman–Crippen MR) is 59.6 cm³/mol. The van der Waals surface area contributed by atoms with Crippen LogP contribution in [0.25, 0.3) is 0 Å². The van der Waals surface area contributed by atoms with Crippen molar-refractivity contribution in [2.24, 2.45) is 5.73 Å². The van der Waals surface area contributed by atoms with Crippen molar-refractivity contribution < 1.29 is 4.74 Å². The summed E-state index contributed by atoms with van der Waals surface area (Å²) in [5.41, 5.74) is 6.80. The van der Waals surface area contributed by atoms with Gasteiger partial charge in [-0.3, -0.25) is 0 Å². The maximum atomic E-state index is 6.04. The van der Waals surface area contributed by atoms with Gasteiger partial charge in [0.05, 0.1) is 17.3 Å². The van der Waals surface area contributed by atoms with Gasteiger partial charge in [0.15, 0.2) is 0 Å². The standard InChI is InChI=1S/C10H18N2OS/c1-7-9(10(2,3)11)14-8(12-7)5-6-13-4/h5-6,11H2,1-4H3. The zero-order valence-electron chi connectivity index (χ0n) is 9.26. The lowest BCUT2D eigenvalue weighted by Crippen LogP contribution is -2.28. The summed E-state index contributed by atoms with van der Waals surface area (Å²) in [5, 5.41) is 1.11. The van der Waals surface area contributed by atoms with Crippen molar-refractivity contribution in [2.45, 2.75) is 32.7 Å². The highest BCUT2D eigenvalue weighted by Gasteiger charge is 2.20. The first-order valence-corrected chi connectivity index (χ1v) is 5.51. The van der Waals surface area contributed by atoms with E-state index in [4.69, 9.17) is 10.5 Å². The normalized spacial score (nSPS) is 12.1. The van der Waals surface area contributed by atoms with Crippen molar-refractivity contribution in [2.75, 3.05) is 13.7 Å². The van der Waals surface area contributed by atoms with E-state index in [-0.39, 0.29) is 5.54 Å². The Hall–Kier alpha value is -0.450. The average Bonchev–Trinajstić information content (AvgIpc) is 2.42. The van der Waals surface area contributed by atoms with E-state index in [1.165, 1.54) is 4.88 Å². The van der Waals surface area contributed by atoms with E-state index in [2.05, 4.69) is 4.98 Å². The van der Waals surface area contributed by atoms with Crippen molar-refractivity contribution in [3.05, 3.63) is 15.6 Å². The molecule has 0 atom stereocenters. The molecular formula is C10H18N2OS. The number of hydrogen-bond donors (Lipinski definition) is 1.